The smallest absolute Gasteiger partial charge is 0.199 e. The molecule has 4 aromatic rings. The topological polar surface area (TPSA) is 56.5 Å². The lowest BCUT2D eigenvalue weighted by molar-refractivity contribution is -0.0705. The molecule has 0 radical (unpaired) electrons. The van der Waals surface area contributed by atoms with Crippen molar-refractivity contribution in [2.24, 2.45) is 0 Å². The van der Waals surface area contributed by atoms with E-state index >= 15 is 0 Å². The highest BCUT2D eigenvalue weighted by atomic mass is 32.2. The Hall–Kier alpha value is -2.38. The molecule has 1 N–H and O–H groups in total. The Bertz CT molecular complexity index is 1070. The first-order chi connectivity index (χ1) is 12.8. The summed E-state index contributed by atoms with van der Waals surface area (Å²) in [5.41, 5.74) is 6.34. The van der Waals surface area contributed by atoms with Gasteiger partial charge in [-0.1, -0.05) is 54.2 Å². The number of benzene rings is 3. The molecule has 1 aliphatic rings. The van der Waals surface area contributed by atoms with Gasteiger partial charge in [-0.05, 0) is 34.0 Å². The van der Waals surface area contributed by atoms with Crippen molar-refractivity contribution in [2.75, 3.05) is 0 Å². The Morgan fingerprint density at radius 1 is 0.962 bits per heavy atom. The van der Waals surface area contributed by atoms with Crippen LogP contribution < -0.4 is 5.64 Å². The molecule has 0 amide bonds. The number of oxazole rings is 1. The largest absolute Gasteiger partial charge is 0.440 e. The fourth-order valence-electron chi connectivity index (χ4n) is 3.18. The zero-order chi connectivity index (χ0) is 17.3. The van der Waals surface area contributed by atoms with Gasteiger partial charge < -0.3 is 4.42 Å². The number of hydrogen-bond donors (Lipinski definition) is 1. The van der Waals surface area contributed by atoms with E-state index in [-0.39, 0.29) is 5.44 Å². The lowest BCUT2D eigenvalue weighted by Gasteiger charge is -2.03. The lowest BCUT2D eigenvalue weighted by atomic mass is 10.1. The zero-order valence-corrected chi connectivity index (χ0v) is 14.7. The van der Waals surface area contributed by atoms with Crippen molar-refractivity contribution in [3.8, 4) is 0 Å². The predicted octanol–water partition coefficient (Wildman–Crippen LogP) is 4.56. The Morgan fingerprint density at radius 3 is 2.73 bits per heavy atom. The van der Waals surface area contributed by atoms with Crippen molar-refractivity contribution in [1.82, 2.24) is 10.6 Å². The Labute approximate surface area is 154 Å². The number of nitrogens with one attached hydrogen (secondary N) is 1. The van der Waals surface area contributed by atoms with E-state index in [1.54, 1.807) is 0 Å². The van der Waals surface area contributed by atoms with E-state index in [9.17, 15) is 0 Å². The SMILES string of the molecule is c1ccc2cc(Cc3nc4cc(CC5ONOS5)ccc4o3)ccc2c1. The summed E-state index contributed by atoms with van der Waals surface area (Å²) in [6.45, 7) is 0. The maximum Gasteiger partial charge on any atom is 0.199 e. The van der Waals surface area contributed by atoms with E-state index in [4.69, 9.17) is 13.5 Å². The van der Waals surface area contributed by atoms with Gasteiger partial charge in [-0.2, -0.15) is 0 Å². The van der Waals surface area contributed by atoms with Crippen LogP contribution in [-0.4, -0.2) is 10.4 Å². The standard InChI is InChI=1S/C20H16N2O3S/c1-2-4-16-9-13(5-7-15(16)3-1)11-19-21-17-10-14(6-8-18(17)23-19)12-20-24-22-25-26-20/h1-10,20,22H,11-12H2. The Kier molecular flexibility index (Phi) is 4.10. The average Bonchev–Trinajstić information content (AvgIpc) is 3.30. The number of fused-ring (bicyclic) bond motifs is 2. The Morgan fingerprint density at radius 2 is 1.85 bits per heavy atom. The van der Waals surface area contributed by atoms with Crippen molar-refractivity contribution in [1.29, 1.82) is 0 Å². The van der Waals surface area contributed by atoms with Crippen LogP contribution in [0.2, 0.25) is 0 Å². The maximum absolute atomic E-state index is 5.92. The molecule has 2 heterocycles. The third-order valence-electron chi connectivity index (χ3n) is 4.44. The molecule has 0 saturated carbocycles. The lowest BCUT2D eigenvalue weighted by Crippen LogP contribution is -2.10. The van der Waals surface area contributed by atoms with Gasteiger partial charge in [-0.25, -0.2) is 9.27 Å². The van der Waals surface area contributed by atoms with E-state index in [1.807, 2.05) is 18.2 Å². The van der Waals surface area contributed by atoms with Crippen LogP contribution in [0.25, 0.3) is 21.9 Å². The predicted molar refractivity (Wildman–Crippen MR) is 101 cm³/mol. The molecule has 0 aliphatic carbocycles. The van der Waals surface area contributed by atoms with Gasteiger partial charge in [-0.15, -0.1) is 0 Å². The van der Waals surface area contributed by atoms with E-state index in [1.165, 1.54) is 28.4 Å². The molecule has 0 spiro atoms. The van der Waals surface area contributed by atoms with E-state index in [0.29, 0.717) is 6.42 Å². The van der Waals surface area contributed by atoms with Crippen LogP contribution in [0.15, 0.2) is 65.1 Å². The highest BCUT2D eigenvalue weighted by Gasteiger charge is 2.19. The number of aromatic nitrogens is 1. The summed E-state index contributed by atoms with van der Waals surface area (Å²) in [7, 11) is 0. The summed E-state index contributed by atoms with van der Waals surface area (Å²) in [6.07, 6.45) is 1.41. The van der Waals surface area contributed by atoms with Gasteiger partial charge in [0.15, 0.2) is 16.9 Å². The van der Waals surface area contributed by atoms with Crippen LogP contribution in [0.4, 0.5) is 0 Å². The summed E-state index contributed by atoms with van der Waals surface area (Å²) in [5, 5.41) is 2.47. The summed E-state index contributed by atoms with van der Waals surface area (Å²) < 4.78 is 10.9. The fraction of sp³-hybridized carbons (Fsp3) is 0.150. The summed E-state index contributed by atoms with van der Waals surface area (Å²) in [5.74, 6) is 0.726. The van der Waals surface area contributed by atoms with Gasteiger partial charge in [0, 0.05) is 12.8 Å². The van der Waals surface area contributed by atoms with Crippen molar-refractivity contribution >= 4 is 33.9 Å². The van der Waals surface area contributed by atoms with Gasteiger partial charge in [0.25, 0.3) is 0 Å². The molecule has 3 aromatic carbocycles. The molecule has 6 heteroatoms. The minimum Gasteiger partial charge on any atom is -0.440 e. The zero-order valence-electron chi connectivity index (χ0n) is 13.8. The second-order valence-corrected chi connectivity index (χ2v) is 7.17. The second kappa shape index (κ2) is 6.74. The van der Waals surface area contributed by atoms with Crippen molar-refractivity contribution < 1.29 is 13.5 Å². The van der Waals surface area contributed by atoms with E-state index < -0.39 is 0 Å². The Balaban J connectivity index is 1.39. The van der Waals surface area contributed by atoms with Gasteiger partial charge in [0.05, 0.1) is 12.0 Å². The van der Waals surface area contributed by atoms with E-state index in [2.05, 4.69) is 53.1 Å². The van der Waals surface area contributed by atoms with Crippen LogP contribution >= 0.6 is 12.0 Å². The van der Waals surface area contributed by atoms with Crippen molar-refractivity contribution in [3.63, 3.8) is 0 Å². The van der Waals surface area contributed by atoms with Crippen LogP contribution in [0, 0.1) is 0 Å². The number of rotatable bonds is 4. The molecule has 5 nitrogen and oxygen atoms in total. The fourth-order valence-corrected chi connectivity index (χ4v) is 3.71. The maximum atomic E-state index is 5.92. The molecular weight excluding hydrogens is 348 g/mol. The molecular formula is C20H16N2O3S. The second-order valence-electron chi connectivity index (χ2n) is 6.28. The first kappa shape index (κ1) is 15.8. The van der Waals surface area contributed by atoms with Crippen LogP contribution in [0.3, 0.4) is 0 Å². The third-order valence-corrected chi connectivity index (χ3v) is 5.08. The van der Waals surface area contributed by atoms with Crippen LogP contribution in [-0.2, 0) is 22.0 Å². The summed E-state index contributed by atoms with van der Waals surface area (Å²) in [4.78, 5) is 9.90. The molecule has 26 heavy (non-hydrogen) atoms. The van der Waals surface area contributed by atoms with Crippen molar-refractivity contribution in [3.05, 3.63) is 77.7 Å². The van der Waals surface area contributed by atoms with Gasteiger partial charge in [0.2, 0.25) is 0 Å². The van der Waals surface area contributed by atoms with Gasteiger partial charge in [-0.3, -0.25) is 4.84 Å². The molecule has 1 aliphatic heterocycles. The van der Waals surface area contributed by atoms with Crippen LogP contribution in [0.1, 0.15) is 17.0 Å². The molecule has 130 valence electrons. The average molecular weight is 364 g/mol. The molecule has 1 fully saturated rings. The monoisotopic (exact) mass is 364 g/mol. The number of nitrogens with zero attached hydrogens (tertiary/aromatic N) is 1. The first-order valence-electron chi connectivity index (χ1n) is 8.42. The molecule has 1 saturated heterocycles. The summed E-state index contributed by atoms with van der Waals surface area (Å²) >= 11 is 1.27. The highest BCUT2D eigenvalue weighted by Crippen LogP contribution is 2.25. The summed E-state index contributed by atoms with van der Waals surface area (Å²) in [6, 6.07) is 20.9. The molecule has 1 atom stereocenters. The van der Waals surface area contributed by atoms with Crippen LogP contribution in [0.5, 0.6) is 0 Å². The molecule has 1 aromatic heterocycles. The van der Waals surface area contributed by atoms with E-state index in [0.717, 1.165) is 29.0 Å². The third kappa shape index (κ3) is 3.20. The normalized spacial score (nSPS) is 17.3. The molecule has 5 rings (SSSR count). The molecule has 0 bridgehead atoms. The van der Waals surface area contributed by atoms with Gasteiger partial charge >= 0.3 is 0 Å². The first-order valence-corrected chi connectivity index (χ1v) is 9.23. The highest BCUT2D eigenvalue weighted by molar-refractivity contribution is 7.95. The molecule has 1 unspecified atom stereocenters. The minimum atomic E-state index is -0.0589. The number of hydrogen-bond acceptors (Lipinski definition) is 6. The minimum absolute atomic E-state index is 0.0589. The van der Waals surface area contributed by atoms with Gasteiger partial charge in [0.1, 0.15) is 5.52 Å². The van der Waals surface area contributed by atoms with Crippen molar-refractivity contribution in [2.45, 2.75) is 18.3 Å². The quantitative estimate of drug-likeness (QED) is 0.536.